The first-order valence-electron chi connectivity index (χ1n) is 6.65. The molecule has 0 aliphatic rings. The van der Waals surface area contributed by atoms with Crippen LogP contribution >= 0.6 is 0 Å². The molecule has 0 aromatic heterocycles. The van der Waals surface area contributed by atoms with Crippen LogP contribution in [0.25, 0.3) is 0 Å². The van der Waals surface area contributed by atoms with Crippen molar-refractivity contribution in [2.45, 2.75) is 6.18 Å². The van der Waals surface area contributed by atoms with Gasteiger partial charge < -0.3 is 5.11 Å². The molecule has 0 saturated heterocycles. The lowest BCUT2D eigenvalue weighted by atomic mass is 10.1. The van der Waals surface area contributed by atoms with Crippen molar-refractivity contribution < 1.29 is 40.8 Å². The van der Waals surface area contributed by atoms with Gasteiger partial charge in [0, 0.05) is 11.6 Å². The van der Waals surface area contributed by atoms with Gasteiger partial charge in [-0.05, 0) is 6.07 Å². The number of aromatic hydroxyl groups is 1. The van der Waals surface area contributed by atoms with Crippen molar-refractivity contribution in [2.75, 3.05) is 5.43 Å². The van der Waals surface area contributed by atoms with E-state index >= 15 is 0 Å². The van der Waals surface area contributed by atoms with Crippen molar-refractivity contribution in [1.82, 2.24) is 0 Å². The molecule has 13 heteroatoms. The molecule has 144 valence electrons. The van der Waals surface area contributed by atoms with Gasteiger partial charge >= 0.3 is 11.9 Å². The van der Waals surface area contributed by atoms with E-state index in [1.807, 2.05) is 0 Å². The topological polar surface area (TPSA) is 87.8 Å². The Bertz CT molecular complexity index is 916. The maximum absolute atomic E-state index is 13.7. The quantitative estimate of drug-likeness (QED) is 0.264. The maximum atomic E-state index is 13.7. The van der Waals surface area contributed by atoms with Crippen molar-refractivity contribution in [3.05, 3.63) is 62.7 Å². The Morgan fingerprint density at radius 1 is 1.07 bits per heavy atom. The van der Waals surface area contributed by atoms with Crippen molar-refractivity contribution in [3.8, 4) is 5.75 Å². The highest BCUT2D eigenvalue weighted by Gasteiger charge is 2.42. The van der Waals surface area contributed by atoms with Crippen molar-refractivity contribution >= 4 is 17.6 Å². The maximum Gasteiger partial charge on any atom is 0.422 e. The van der Waals surface area contributed by atoms with Crippen LogP contribution in [0.4, 0.5) is 42.1 Å². The van der Waals surface area contributed by atoms with Crippen LogP contribution in [0.5, 0.6) is 5.75 Å². The standard InChI is InChI=1S/C14H6F7N3O3/c15-8-7(14(19,20)21)9(16)11(18)12(10(8)17)23-22-4-5-2-1-3-6(13(5)25)24(26)27/h1-4,23,25H/b22-4+. The van der Waals surface area contributed by atoms with Crippen LogP contribution < -0.4 is 5.43 Å². The van der Waals surface area contributed by atoms with Crippen LogP contribution in [-0.2, 0) is 6.18 Å². The lowest BCUT2D eigenvalue weighted by Gasteiger charge is -2.13. The number of phenols is 1. The summed E-state index contributed by atoms with van der Waals surface area (Å²) in [5.74, 6) is -11.0. The average molecular weight is 397 g/mol. The molecule has 0 heterocycles. The fourth-order valence-corrected chi connectivity index (χ4v) is 1.95. The molecule has 0 spiro atoms. The third kappa shape index (κ3) is 3.75. The number of para-hydroxylation sites is 1. The number of nitrogens with zero attached hydrogens (tertiary/aromatic N) is 2. The molecule has 2 N–H and O–H groups in total. The number of nitro groups is 1. The molecular formula is C14H6F7N3O3. The number of rotatable bonds is 4. The summed E-state index contributed by atoms with van der Waals surface area (Å²) in [4.78, 5) is 9.71. The molecule has 0 bridgehead atoms. The summed E-state index contributed by atoms with van der Waals surface area (Å²) in [5, 5.41) is 23.4. The molecule has 0 aliphatic carbocycles. The molecule has 2 rings (SSSR count). The minimum atomic E-state index is -5.69. The number of anilines is 1. The number of nitro benzene ring substituents is 1. The van der Waals surface area contributed by atoms with E-state index < -0.39 is 57.1 Å². The minimum absolute atomic E-state index is 0.328. The van der Waals surface area contributed by atoms with Gasteiger partial charge in [-0.3, -0.25) is 15.5 Å². The van der Waals surface area contributed by atoms with Crippen molar-refractivity contribution in [2.24, 2.45) is 5.10 Å². The fourth-order valence-electron chi connectivity index (χ4n) is 1.95. The Morgan fingerprint density at radius 2 is 1.63 bits per heavy atom. The summed E-state index contributed by atoms with van der Waals surface area (Å²) >= 11 is 0. The largest absolute Gasteiger partial charge is 0.502 e. The molecule has 0 aliphatic heterocycles. The molecule has 27 heavy (non-hydrogen) atoms. The summed E-state index contributed by atoms with van der Waals surface area (Å²) in [7, 11) is 0. The molecule has 2 aromatic carbocycles. The first kappa shape index (κ1) is 19.9. The van der Waals surface area contributed by atoms with E-state index in [9.17, 15) is 46.0 Å². The van der Waals surface area contributed by atoms with Crippen LogP contribution in [0.3, 0.4) is 0 Å². The third-order valence-electron chi connectivity index (χ3n) is 3.17. The Hall–Kier alpha value is -3.38. The first-order valence-corrected chi connectivity index (χ1v) is 6.65. The molecule has 0 radical (unpaired) electrons. The third-order valence-corrected chi connectivity index (χ3v) is 3.17. The van der Waals surface area contributed by atoms with Gasteiger partial charge in [-0.15, -0.1) is 0 Å². The normalized spacial score (nSPS) is 11.8. The fraction of sp³-hybridized carbons (Fsp3) is 0.0714. The van der Waals surface area contributed by atoms with Crippen molar-refractivity contribution in [3.63, 3.8) is 0 Å². The highest BCUT2D eigenvalue weighted by atomic mass is 19.4. The van der Waals surface area contributed by atoms with Gasteiger partial charge in [-0.2, -0.15) is 18.3 Å². The van der Waals surface area contributed by atoms with E-state index in [1.54, 1.807) is 0 Å². The number of benzene rings is 2. The number of hydrogen-bond acceptors (Lipinski definition) is 5. The highest BCUT2D eigenvalue weighted by Crippen LogP contribution is 2.38. The molecule has 0 fully saturated rings. The van der Waals surface area contributed by atoms with Gasteiger partial charge in [0.1, 0.15) is 11.3 Å². The lowest BCUT2D eigenvalue weighted by molar-refractivity contribution is -0.385. The average Bonchev–Trinajstić information content (AvgIpc) is 2.56. The Balaban J connectivity index is 2.42. The zero-order valence-electron chi connectivity index (χ0n) is 12.6. The zero-order valence-corrected chi connectivity index (χ0v) is 12.6. The van der Waals surface area contributed by atoms with Gasteiger partial charge in [0.05, 0.1) is 11.1 Å². The molecule has 2 aromatic rings. The lowest BCUT2D eigenvalue weighted by Crippen LogP contribution is -2.16. The highest BCUT2D eigenvalue weighted by molar-refractivity contribution is 5.86. The summed E-state index contributed by atoms with van der Waals surface area (Å²) in [6.07, 6.45) is -5.10. The zero-order chi connectivity index (χ0) is 20.5. The van der Waals surface area contributed by atoms with E-state index in [2.05, 4.69) is 5.10 Å². The van der Waals surface area contributed by atoms with E-state index in [4.69, 9.17) is 0 Å². The van der Waals surface area contributed by atoms with E-state index in [0.29, 0.717) is 6.21 Å². The predicted octanol–water partition coefficient (Wildman–Crippen LogP) is 4.32. The Kier molecular flexibility index (Phi) is 5.23. The van der Waals surface area contributed by atoms with E-state index in [-0.39, 0.29) is 5.56 Å². The second-order valence-corrected chi connectivity index (χ2v) is 4.85. The Morgan fingerprint density at radius 3 is 2.11 bits per heavy atom. The number of phenolic OH excluding ortho intramolecular Hbond substituents is 1. The second kappa shape index (κ2) is 7.09. The van der Waals surface area contributed by atoms with Crippen LogP contribution in [-0.4, -0.2) is 16.2 Å². The van der Waals surface area contributed by atoms with Crippen LogP contribution in [0.15, 0.2) is 23.3 Å². The van der Waals surface area contributed by atoms with Crippen molar-refractivity contribution in [1.29, 1.82) is 0 Å². The first-order chi connectivity index (χ1) is 12.5. The van der Waals surface area contributed by atoms with Gasteiger partial charge in [-0.1, -0.05) is 6.07 Å². The van der Waals surface area contributed by atoms with Crippen LogP contribution in [0.2, 0.25) is 0 Å². The smallest absolute Gasteiger partial charge is 0.422 e. The number of hydrazone groups is 1. The number of halogens is 7. The van der Waals surface area contributed by atoms with Crippen LogP contribution in [0, 0.1) is 33.4 Å². The van der Waals surface area contributed by atoms with Gasteiger partial charge in [0.2, 0.25) is 5.75 Å². The second-order valence-electron chi connectivity index (χ2n) is 4.85. The number of hydrogen-bond donors (Lipinski definition) is 2. The van der Waals surface area contributed by atoms with Gasteiger partial charge in [-0.25, -0.2) is 17.6 Å². The molecule has 6 nitrogen and oxygen atoms in total. The van der Waals surface area contributed by atoms with Gasteiger partial charge in [0.15, 0.2) is 23.3 Å². The van der Waals surface area contributed by atoms with E-state index in [0.717, 1.165) is 18.2 Å². The predicted molar refractivity (Wildman–Crippen MR) is 77.3 cm³/mol. The van der Waals surface area contributed by atoms with E-state index in [1.165, 1.54) is 5.43 Å². The minimum Gasteiger partial charge on any atom is -0.502 e. The molecule has 0 atom stereocenters. The molecule has 0 unspecified atom stereocenters. The summed E-state index contributed by atoms with van der Waals surface area (Å²) < 4.78 is 91.6. The number of alkyl halides is 3. The molecular weight excluding hydrogens is 391 g/mol. The summed E-state index contributed by atoms with van der Waals surface area (Å²) in [6.45, 7) is 0. The summed E-state index contributed by atoms with van der Waals surface area (Å²) in [5.41, 5.74) is -4.02. The molecule has 0 saturated carbocycles. The monoisotopic (exact) mass is 397 g/mol. The SMILES string of the molecule is O=[N+]([O-])c1cccc(/C=N/Nc2c(F)c(F)c(C(F)(F)F)c(F)c2F)c1O. The van der Waals surface area contributed by atoms with Gasteiger partial charge in [0.25, 0.3) is 0 Å². The Labute approximate surface area is 144 Å². The number of nitrogens with one attached hydrogen (secondary N) is 1. The molecule has 0 amide bonds. The van der Waals surface area contributed by atoms with Crippen LogP contribution in [0.1, 0.15) is 11.1 Å². The summed E-state index contributed by atoms with van der Waals surface area (Å²) in [6, 6.07) is 3.14.